The second-order valence-electron chi connectivity index (χ2n) is 4.92. The standard InChI is InChI=1S/C11H22N2.C2H6/c1-10-3-8-13(9-10)11-4-6-12(2)7-5-11;1-2/h10-11H,3-9H2,1-2H3;1-2H3. The summed E-state index contributed by atoms with van der Waals surface area (Å²) < 4.78 is 0. The molecule has 2 rings (SSSR count). The molecule has 1 atom stereocenters. The zero-order valence-corrected chi connectivity index (χ0v) is 11.0. The third-order valence-corrected chi connectivity index (χ3v) is 3.66. The van der Waals surface area contributed by atoms with Crippen LogP contribution >= 0.6 is 0 Å². The molecule has 0 spiro atoms. The molecule has 0 amide bonds. The highest BCUT2D eigenvalue weighted by Gasteiger charge is 2.27. The molecule has 1 unspecified atom stereocenters. The summed E-state index contributed by atoms with van der Waals surface area (Å²) in [6, 6.07) is 0.904. The van der Waals surface area contributed by atoms with E-state index in [0.29, 0.717) is 0 Å². The number of rotatable bonds is 1. The van der Waals surface area contributed by atoms with Gasteiger partial charge in [-0.05, 0) is 51.9 Å². The molecule has 15 heavy (non-hydrogen) atoms. The molecule has 90 valence electrons. The molecule has 0 N–H and O–H groups in total. The van der Waals surface area contributed by atoms with E-state index in [4.69, 9.17) is 0 Å². The van der Waals surface area contributed by atoms with Crippen LogP contribution in [0.3, 0.4) is 0 Å². The molecule has 0 aromatic heterocycles. The Hall–Kier alpha value is -0.0800. The van der Waals surface area contributed by atoms with Gasteiger partial charge in [-0.25, -0.2) is 0 Å². The number of piperidine rings is 1. The second-order valence-corrected chi connectivity index (χ2v) is 4.92. The van der Waals surface area contributed by atoms with Crippen LogP contribution in [-0.2, 0) is 0 Å². The molecule has 0 saturated carbocycles. The van der Waals surface area contributed by atoms with Crippen molar-refractivity contribution in [3.63, 3.8) is 0 Å². The van der Waals surface area contributed by atoms with Crippen molar-refractivity contribution in [1.82, 2.24) is 9.80 Å². The van der Waals surface area contributed by atoms with E-state index in [1.807, 2.05) is 13.8 Å². The lowest BCUT2D eigenvalue weighted by Gasteiger charge is -2.35. The Morgan fingerprint density at radius 1 is 0.933 bits per heavy atom. The van der Waals surface area contributed by atoms with Crippen LogP contribution in [0.15, 0.2) is 0 Å². The molecular weight excluding hydrogens is 184 g/mol. The summed E-state index contributed by atoms with van der Waals surface area (Å²) in [7, 11) is 2.24. The third-order valence-electron chi connectivity index (χ3n) is 3.66. The van der Waals surface area contributed by atoms with Crippen molar-refractivity contribution in [2.45, 2.75) is 46.1 Å². The first-order valence-electron chi connectivity index (χ1n) is 6.68. The van der Waals surface area contributed by atoms with Gasteiger partial charge in [-0.1, -0.05) is 20.8 Å². The van der Waals surface area contributed by atoms with Gasteiger partial charge in [0.15, 0.2) is 0 Å². The molecular formula is C13H28N2. The number of nitrogens with zero attached hydrogens (tertiary/aromatic N) is 2. The Morgan fingerprint density at radius 3 is 2.00 bits per heavy atom. The van der Waals surface area contributed by atoms with Gasteiger partial charge in [0.1, 0.15) is 0 Å². The second kappa shape index (κ2) is 6.49. The predicted molar refractivity (Wildman–Crippen MR) is 67.2 cm³/mol. The highest BCUT2D eigenvalue weighted by molar-refractivity contribution is 4.83. The Kier molecular flexibility index (Phi) is 5.62. The van der Waals surface area contributed by atoms with Crippen molar-refractivity contribution >= 4 is 0 Å². The minimum Gasteiger partial charge on any atom is -0.306 e. The first kappa shape index (κ1) is 13.0. The summed E-state index contributed by atoms with van der Waals surface area (Å²) in [4.78, 5) is 5.17. The van der Waals surface area contributed by atoms with Gasteiger partial charge < -0.3 is 9.80 Å². The third kappa shape index (κ3) is 3.76. The lowest BCUT2D eigenvalue weighted by molar-refractivity contribution is 0.140. The van der Waals surface area contributed by atoms with E-state index in [0.717, 1.165) is 12.0 Å². The summed E-state index contributed by atoms with van der Waals surface area (Å²) >= 11 is 0. The summed E-state index contributed by atoms with van der Waals surface area (Å²) in [5.74, 6) is 0.944. The van der Waals surface area contributed by atoms with Gasteiger partial charge in [0, 0.05) is 12.6 Å². The van der Waals surface area contributed by atoms with Crippen molar-refractivity contribution in [2.24, 2.45) is 5.92 Å². The molecule has 2 aliphatic heterocycles. The summed E-state index contributed by atoms with van der Waals surface area (Å²) in [5.41, 5.74) is 0. The van der Waals surface area contributed by atoms with E-state index in [9.17, 15) is 0 Å². The van der Waals surface area contributed by atoms with Crippen LogP contribution in [0.5, 0.6) is 0 Å². The average molecular weight is 212 g/mol. The van der Waals surface area contributed by atoms with E-state index in [-0.39, 0.29) is 0 Å². The van der Waals surface area contributed by atoms with Crippen molar-refractivity contribution in [3.05, 3.63) is 0 Å². The number of likely N-dealkylation sites (tertiary alicyclic amines) is 2. The van der Waals surface area contributed by atoms with Crippen LogP contribution < -0.4 is 0 Å². The molecule has 0 aliphatic carbocycles. The zero-order chi connectivity index (χ0) is 11.3. The van der Waals surface area contributed by atoms with Gasteiger partial charge in [-0.2, -0.15) is 0 Å². The quantitative estimate of drug-likeness (QED) is 0.659. The molecule has 0 bridgehead atoms. The smallest absolute Gasteiger partial charge is 0.0120 e. The monoisotopic (exact) mass is 212 g/mol. The maximum Gasteiger partial charge on any atom is 0.0120 e. The largest absolute Gasteiger partial charge is 0.306 e. The Morgan fingerprint density at radius 2 is 1.53 bits per heavy atom. The molecule has 0 aromatic rings. The minimum atomic E-state index is 0.904. The number of hydrogen-bond donors (Lipinski definition) is 0. The van der Waals surface area contributed by atoms with E-state index in [2.05, 4.69) is 23.8 Å². The van der Waals surface area contributed by atoms with Gasteiger partial charge >= 0.3 is 0 Å². The van der Waals surface area contributed by atoms with Gasteiger partial charge in [-0.15, -0.1) is 0 Å². The fraction of sp³-hybridized carbons (Fsp3) is 1.00. The van der Waals surface area contributed by atoms with Gasteiger partial charge in [0.2, 0.25) is 0 Å². The predicted octanol–water partition coefficient (Wildman–Crippen LogP) is 2.45. The minimum absolute atomic E-state index is 0.904. The van der Waals surface area contributed by atoms with E-state index in [1.165, 1.54) is 45.4 Å². The van der Waals surface area contributed by atoms with E-state index >= 15 is 0 Å². The summed E-state index contributed by atoms with van der Waals surface area (Å²) in [6.45, 7) is 11.7. The van der Waals surface area contributed by atoms with Crippen molar-refractivity contribution in [3.8, 4) is 0 Å². The molecule has 2 aliphatic rings. The average Bonchev–Trinajstić information content (AvgIpc) is 2.69. The molecule has 0 aromatic carbocycles. The van der Waals surface area contributed by atoms with Crippen molar-refractivity contribution < 1.29 is 0 Å². The zero-order valence-electron chi connectivity index (χ0n) is 11.0. The molecule has 2 saturated heterocycles. The SMILES string of the molecule is CC.CC1CCN(C2CCN(C)CC2)C1. The van der Waals surface area contributed by atoms with Gasteiger partial charge in [0.05, 0.1) is 0 Å². The first-order chi connectivity index (χ1) is 7.25. The Bertz CT molecular complexity index is 162. The molecule has 0 radical (unpaired) electrons. The van der Waals surface area contributed by atoms with E-state index < -0.39 is 0 Å². The number of hydrogen-bond acceptors (Lipinski definition) is 2. The maximum absolute atomic E-state index is 2.72. The van der Waals surface area contributed by atoms with Crippen LogP contribution in [-0.4, -0.2) is 49.1 Å². The van der Waals surface area contributed by atoms with Crippen LogP contribution in [0.25, 0.3) is 0 Å². The van der Waals surface area contributed by atoms with Crippen molar-refractivity contribution in [1.29, 1.82) is 0 Å². The van der Waals surface area contributed by atoms with Crippen LogP contribution in [0.4, 0.5) is 0 Å². The fourth-order valence-corrected chi connectivity index (χ4v) is 2.66. The maximum atomic E-state index is 2.72. The van der Waals surface area contributed by atoms with Crippen LogP contribution in [0.1, 0.15) is 40.0 Å². The van der Waals surface area contributed by atoms with Crippen LogP contribution in [0.2, 0.25) is 0 Å². The van der Waals surface area contributed by atoms with Gasteiger partial charge in [-0.3, -0.25) is 0 Å². The highest BCUT2D eigenvalue weighted by atomic mass is 15.2. The Balaban J connectivity index is 0.000000531. The normalized spacial score (nSPS) is 30.0. The van der Waals surface area contributed by atoms with Crippen LogP contribution in [0, 0.1) is 5.92 Å². The van der Waals surface area contributed by atoms with Gasteiger partial charge in [0.25, 0.3) is 0 Å². The fourth-order valence-electron chi connectivity index (χ4n) is 2.66. The molecule has 2 heteroatoms. The first-order valence-corrected chi connectivity index (χ1v) is 6.68. The summed E-state index contributed by atoms with van der Waals surface area (Å²) in [6.07, 6.45) is 4.21. The topological polar surface area (TPSA) is 6.48 Å². The lowest BCUT2D eigenvalue weighted by atomic mass is 10.0. The molecule has 2 fully saturated rings. The molecule has 2 nitrogen and oxygen atoms in total. The molecule has 2 heterocycles. The van der Waals surface area contributed by atoms with Crippen molar-refractivity contribution in [2.75, 3.05) is 33.2 Å². The Labute approximate surface area is 95.6 Å². The lowest BCUT2D eigenvalue weighted by Crippen LogP contribution is -2.42. The summed E-state index contributed by atoms with van der Waals surface area (Å²) in [5, 5.41) is 0. The van der Waals surface area contributed by atoms with E-state index in [1.54, 1.807) is 0 Å². The highest BCUT2D eigenvalue weighted by Crippen LogP contribution is 2.23.